The molecule has 0 saturated heterocycles. The van der Waals surface area contributed by atoms with E-state index in [0.717, 1.165) is 0 Å². The molecule has 0 heterocycles. The predicted octanol–water partition coefficient (Wildman–Crippen LogP) is 7.03. The Hall–Kier alpha value is -0.430. The van der Waals surface area contributed by atoms with E-state index < -0.39 is 0 Å². The van der Waals surface area contributed by atoms with Crippen molar-refractivity contribution in [3.8, 4) is 0 Å². The molecule has 1 saturated carbocycles. The van der Waals surface area contributed by atoms with Crippen molar-refractivity contribution in [1.82, 2.24) is 0 Å². The molecule has 1 heteroatoms. The van der Waals surface area contributed by atoms with Crippen molar-refractivity contribution in [3.05, 3.63) is 35.9 Å². The van der Waals surface area contributed by atoms with Crippen molar-refractivity contribution in [2.24, 2.45) is 0 Å². The highest BCUT2D eigenvalue weighted by Gasteiger charge is 2.32. The molecule has 0 atom stereocenters. The van der Waals surface area contributed by atoms with Crippen molar-refractivity contribution in [2.45, 2.75) is 88.7 Å². The lowest BCUT2D eigenvalue weighted by atomic mass is 9.84. The van der Waals surface area contributed by atoms with Gasteiger partial charge >= 0.3 is 0 Å². The molecule has 0 radical (unpaired) electrons. The smallest absolute Gasteiger partial charge is 0.0200 e. The van der Waals surface area contributed by atoms with Crippen molar-refractivity contribution in [3.63, 3.8) is 0 Å². The molecule has 1 aromatic rings. The highest BCUT2D eigenvalue weighted by atomic mass is 32.2. The number of unbranched alkanes of at least 4 members (excludes halogenated alkanes) is 5. The molecule has 124 valence electrons. The summed E-state index contributed by atoms with van der Waals surface area (Å²) < 4.78 is 0.545. The summed E-state index contributed by atoms with van der Waals surface area (Å²) in [5.41, 5.74) is 1.54. The molecule has 0 nitrogen and oxygen atoms in total. The van der Waals surface area contributed by atoms with E-state index in [2.05, 4.69) is 49.0 Å². The third-order valence-electron chi connectivity index (χ3n) is 5.04. The summed E-state index contributed by atoms with van der Waals surface area (Å²) in [5.74, 6) is 1.37. The van der Waals surface area contributed by atoms with Gasteiger partial charge in [-0.05, 0) is 37.0 Å². The van der Waals surface area contributed by atoms with Crippen LogP contribution in [0, 0.1) is 0 Å². The van der Waals surface area contributed by atoms with E-state index in [1.54, 1.807) is 5.56 Å². The maximum atomic E-state index is 2.32. The van der Waals surface area contributed by atoms with E-state index in [1.807, 2.05) is 0 Å². The zero-order chi connectivity index (χ0) is 15.5. The first-order valence-corrected chi connectivity index (χ1v) is 10.5. The highest BCUT2D eigenvalue weighted by Crippen LogP contribution is 2.42. The number of hydrogen-bond donors (Lipinski definition) is 0. The third-order valence-corrected chi connectivity index (χ3v) is 6.70. The van der Waals surface area contributed by atoms with Crippen LogP contribution in [0.25, 0.3) is 0 Å². The van der Waals surface area contributed by atoms with Gasteiger partial charge in [0.2, 0.25) is 0 Å². The number of benzene rings is 1. The summed E-state index contributed by atoms with van der Waals surface area (Å²) in [5, 5.41) is 0. The Bertz CT molecular complexity index is 378. The summed E-state index contributed by atoms with van der Waals surface area (Å²) in [7, 11) is 0. The van der Waals surface area contributed by atoms with Gasteiger partial charge in [0, 0.05) is 4.75 Å². The van der Waals surface area contributed by atoms with Crippen LogP contribution >= 0.6 is 11.8 Å². The van der Waals surface area contributed by atoms with Crippen molar-refractivity contribution in [2.75, 3.05) is 5.75 Å². The summed E-state index contributed by atoms with van der Waals surface area (Å²) in [6.45, 7) is 2.30. The quantitative estimate of drug-likeness (QED) is 0.417. The lowest BCUT2D eigenvalue weighted by molar-refractivity contribution is 0.395. The number of hydrogen-bond acceptors (Lipinski definition) is 1. The topological polar surface area (TPSA) is 0 Å². The minimum absolute atomic E-state index is 0.545. The summed E-state index contributed by atoms with van der Waals surface area (Å²) >= 11 is 2.30. The molecule has 1 aromatic carbocycles. The summed E-state index contributed by atoms with van der Waals surface area (Å²) in [6.07, 6.45) is 17.0. The second-order valence-electron chi connectivity index (χ2n) is 7.02. The second kappa shape index (κ2) is 10.4. The van der Waals surface area contributed by atoms with Crippen LogP contribution in [0.3, 0.4) is 0 Å². The van der Waals surface area contributed by atoms with Crippen LogP contribution in [0.15, 0.2) is 30.3 Å². The average Bonchev–Trinajstić information content (AvgIpc) is 2.56. The Morgan fingerprint density at radius 1 is 0.864 bits per heavy atom. The Balaban J connectivity index is 1.76. The molecule has 0 bridgehead atoms. The maximum Gasteiger partial charge on any atom is 0.0200 e. The standard InChI is InChI=1S/C21H34S/c1-2-3-4-5-6-13-18-22-21(16-11-8-12-17-21)19-20-14-9-7-10-15-20/h7,9-10,14-15H,2-6,8,11-13,16-19H2,1H3. The van der Waals surface area contributed by atoms with Crippen molar-refractivity contribution < 1.29 is 0 Å². The molecule has 1 aliphatic rings. The Kier molecular flexibility index (Phi) is 8.44. The fourth-order valence-electron chi connectivity index (χ4n) is 3.71. The van der Waals surface area contributed by atoms with Crippen LogP contribution in [0.2, 0.25) is 0 Å². The van der Waals surface area contributed by atoms with Gasteiger partial charge in [0.1, 0.15) is 0 Å². The van der Waals surface area contributed by atoms with Gasteiger partial charge in [0.25, 0.3) is 0 Å². The van der Waals surface area contributed by atoms with Gasteiger partial charge in [-0.1, -0.05) is 88.6 Å². The molecule has 0 unspecified atom stereocenters. The first-order valence-electron chi connectivity index (χ1n) is 9.52. The zero-order valence-corrected chi connectivity index (χ0v) is 15.3. The molecule has 0 N–H and O–H groups in total. The molecular formula is C21H34S. The molecule has 22 heavy (non-hydrogen) atoms. The van der Waals surface area contributed by atoms with Gasteiger partial charge in [-0.25, -0.2) is 0 Å². The van der Waals surface area contributed by atoms with Crippen LogP contribution in [0.1, 0.15) is 83.1 Å². The molecule has 0 aliphatic heterocycles. The Morgan fingerprint density at radius 3 is 2.27 bits per heavy atom. The zero-order valence-electron chi connectivity index (χ0n) is 14.5. The maximum absolute atomic E-state index is 2.32. The molecule has 0 spiro atoms. The van der Waals surface area contributed by atoms with Crippen LogP contribution < -0.4 is 0 Å². The largest absolute Gasteiger partial charge is 0.155 e. The second-order valence-corrected chi connectivity index (χ2v) is 8.59. The molecular weight excluding hydrogens is 284 g/mol. The molecule has 0 amide bonds. The van der Waals surface area contributed by atoms with Crippen LogP contribution in [-0.2, 0) is 6.42 Å². The molecule has 2 rings (SSSR count). The normalized spacial score (nSPS) is 17.5. The first kappa shape index (κ1) is 17.9. The van der Waals surface area contributed by atoms with Gasteiger partial charge in [-0.15, -0.1) is 0 Å². The SMILES string of the molecule is CCCCCCCCSC1(Cc2ccccc2)CCCCC1. The van der Waals surface area contributed by atoms with Gasteiger partial charge in [-0.2, -0.15) is 11.8 Å². The fraction of sp³-hybridized carbons (Fsp3) is 0.714. The van der Waals surface area contributed by atoms with E-state index in [4.69, 9.17) is 0 Å². The highest BCUT2D eigenvalue weighted by molar-refractivity contribution is 8.00. The minimum atomic E-state index is 0.545. The number of thioether (sulfide) groups is 1. The van der Waals surface area contributed by atoms with Gasteiger partial charge in [0.05, 0.1) is 0 Å². The van der Waals surface area contributed by atoms with Crippen molar-refractivity contribution in [1.29, 1.82) is 0 Å². The minimum Gasteiger partial charge on any atom is -0.155 e. The summed E-state index contributed by atoms with van der Waals surface area (Å²) in [4.78, 5) is 0. The molecule has 0 aromatic heterocycles. The van der Waals surface area contributed by atoms with Crippen LogP contribution in [-0.4, -0.2) is 10.5 Å². The third kappa shape index (κ3) is 6.36. The lowest BCUT2D eigenvalue weighted by Crippen LogP contribution is -2.31. The Labute approximate surface area is 142 Å². The molecule has 1 aliphatic carbocycles. The van der Waals surface area contributed by atoms with Crippen LogP contribution in [0.4, 0.5) is 0 Å². The summed E-state index contributed by atoms with van der Waals surface area (Å²) in [6, 6.07) is 11.2. The van der Waals surface area contributed by atoms with Gasteiger partial charge in [-0.3, -0.25) is 0 Å². The number of rotatable bonds is 10. The predicted molar refractivity (Wildman–Crippen MR) is 102 cm³/mol. The molecule has 1 fully saturated rings. The van der Waals surface area contributed by atoms with E-state index in [1.165, 1.54) is 82.8 Å². The van der Waals surface area contributed by atoms with E-state index in [9.17, 15) is 0 Å². The van der Waals surface area contributed by atoms with E-state index in [0.29, 0.717) is 4.75 Å². The Morgan fingerprint density at radius 2 is 1.55 bits per heavy atom. The van der Waals surface area contributed by atoms with Crippen LogP contribution in [0.5, 0.6) is 0 Å². The van der Waals surface area contributed by atoms with Gasteiger partial charge < -0.3 is 0 Å². The monoisotopic (exact) mass is 318 g/mol. The lowest BCUT2D eigenvalue weighted by Gasteiger charge is -2.37. The first-order chi connectivity index (χ1) is 10.8. The van der Waals surface area contributed by atoms with Gasteiger partial charge in [0.15, 0.2) is 0 Å². The van der Waals surface area contributed by atoms with Crippen molar-refractivity contribution >= 4 is 11.8 Å². The average molecular weight is 319 g/mol. The fourth-order valence-corrected chi connectivity index (χ4v) is 5.33. The van der Waals surface area contributed by atoms with E-state index in [-0.39, 0.29) is 0 Å². The van der Waals surface area contributed by atoms with E-state index >= 15 is 0 Å².